The Morgan fingerprint density at radius 2 is 1.62 bits per heavy atom. The van der Waals surface area contributed by atoms with Crippen LogP contribution in [0.3, 0.4) is 0 Å². The Hall–Kier alpha value is -2.73. The van der Waals surface area contributed by atoms with E-state index in [1.807, 2.05) is 60.0 Å². The number of carbonyl (C=O) groups excluding carboxylic acids is 2. The molecular weight excluding hydrogens is 428 g/mol. The summed E-state index contributed by atoms with van der Waals surface area (Å²) in [6, 6.07) is 13.4. The molecule has 2 aromatic rings. The van der Waals surface area contributed by atoms with E-state index in [0.717, 1.165) is 17.5 Å². The summed E-state index contributed by atoms with van der Waals surface area (Å²) in [6.45, 7) is 7.14. The molecule has 0 radical (unpaired) electrons. The van der Waals surface area contributed by atoms with Gasteiger partial charge in [-0.05, 0) is 37.1 Å². The predicted octanol–water partition coefficient (Wildman–Crippen LogP) is 3.69. The van der Waals surface area contributed by atoms with Gasteiger partial charge in [-0.15, -0.1) is 0 Å². The van der Waals surface area contributed by atoms with Gasteiger partial charge in [0.2, 0.25) is 11.8 Å². The minimum absolute atomic E-state index is 0.0185. The van der Waals surface area contributed by atoms with Gasteiger partial charge in [0.1, 0.15) is 0 Å². The van der Waals surface area contributed by atoms with Gasteiger partial charge in [-0.3, -0.25) is 9.59 Å². The van der Waals surface area contributed by atoms with Crippen molar-refractivity contribution in [1.29, 1.82) is 0 Å². The molecule has 1 saturated heterocycles. The zero-order chi connectivity index (χ0) is 22.7. The summed E-state index contributed by atoms with van der Waals surface area (Å²) in [5.41, 5.74) is 1.19. The van der Waals surface area contributed by atoms with Gasteiger partial charge in [0.15, 0.2) is 11.5 Å². The SMILES string of the molecule is CC(C)(C(=O)N1CCN(C(=O)Cc2cc(Cl)c3c(c2)OCCCO3)CC1)c1ccccc1. The third-order valence-corrected chi connectivity index (χ3v) is 6.45. The highest BCUT2D eigenvalue weighted by molar-refractivity contribution is 6.32. The molecule has 0 atom stereocenters. The second kappa shape index (κ2) is 9.41. The lowest BCUT2D eigenvalue weighted by molar-refractivity contribution is -0.142. The van der Waals surface area contributed by atoms with Crippen LogP contribution in [-0.2, 0) is 21.4 Å². The number of nitrogens with zero attached hydrogens (tertiary/aromatic N) is 2. The number of carbonyl (C=O) groups is 2. The monoisotopic (exact) mass is 456 g/mol. The van der Waals surface area contributed by atoms with Gasteiger partial charge in [-0.2, -0.15) is 0 Å². The van der Waals surface area contributed by atoms with E-state index in [-0.39, 0.29) is 18.2 Å². The molecular formula is C25H29ClN2O4. The molecule has 4 rings (SSSR count). The Morgan fingerprint density at radius 1 is 0.969 bits per heavy atom. The smallest absolute Gasteiger partial charge is 0.232 e. The Balaban J connectivity index is 1.36. The highest BCUT2D eigenvalue weighted by Gasteiger charge is 2.35. The quantitative estimate of drug-likeness (QED) is 0.704. The largest absolute Gasteiger partial charge is 0.489 e. The third-order valence-electron chi connectivity index (χ3n) is 6.17. The van der Waals surface area contributed by atoms with Gasteiger partial charge < -0.3 is 19.3 Å². The first-order valence-corrected chi connectivity index (χ1v) is 11.4. The maximum Gasteiger partial charge on any atom is 0.232 e. The third kappa shape index (κ3) is 4.70. The van der Waals surface area contributed by atoms with Crippen LogP contribution in [0.25, 0.3) is 0 Å². The van der Waals surface area contributed by atoms with Crippen LogP contribution in [0.5, 0.6) is 11.5 Å². The van der Waals surface area contributed by atoms with Crippen LogP contribution >= 0.6 is 11.6 Å². The van der Waals surface area contributed by atoms with E-state index in [9.17, 15) is 9.59 Å². The van der Waals surface area contributed by atoms with Gasteiger partial charge in [-0.25, -0.2) is 0 Å². The van der Waals surface area contributed by atoms with E-state index in [2.05, 4.69) is 0 Å². The van der Waals surface area contributed by atoms with Crippen LogP contribution in [-0.4, -0.2) is 61.0 Å². The molecule has 0 spiro atoms. The van der Waals surface area contributed by atoms with E-state index >= 15 is 0 Å². The van der Waals surface area contributed by atoms with Crippen molar-refractivity contribution in [3.63, 3.8) is 0 Å². The van der Waals surface area contributed by atoms with Crippen molar-refractivity contribution >= 4 is 23.4 Å². The number of rotatable bonds is 4. The van der Waals surface area contributed by atoms with E-state index in [1.54, 1.807) is 6.07 Å². The molecule has 2 aliphatic heterocycles. The average Bonchev–Trinajstić information content (AvgIpc) is 3.05. The number of benzene rings is 2. The van der Waals surface area contributed by atoms with Crippen LogP contribution in [0, 0.1) is 0 Å². The maximum atomic E-state index is 13.2. The number of hydrogen-bond donors (Lipinski definition) is 0. The summed E-state index contributed by atoms with van der Waals surface area (Å²) >= 11 is 6.36. The van der Waals surface area contributed by atoms with E-state index < -0.39 is 5.41 Å². The number of hydrogen-bond acceptors (Lipinski definition) is 4. The Morgan fingerprint density at radius 3 is 2.34 bits per heavy atom. The number of ether oxygens (including phenoxy) is 2. The normalized spacial score (nSPS) is 16.5. The fourth-order valence-corrected chi connectivity index (χ4v) is 4.49. The highest BCUT2D eigenvalue weighted by Crippen LogP contribution is 2.38. The molecule has 0 saturated carbocycles. The van der Waals surface area contributed by atoms with Crippen LogP contribution in [0.1, 0.15) is 31.4 Å². The van der Waals surface area contributed by atoms with Gasteiger partial charge in [0.05, 0.1) is 30.1 Å². The molecule has 0 N–H and O–H groups in total. The molecule has 0 aliphatic carbocycles. The fourth-order valence-electron chi connectivity index (χ4n) is 4.21. The van der Waals surface area contributed by atoms with Crippen molar-refractivity contribution in [2.24, 2.45) is 0 Å². The summed E-state index contributed by atoms with van der Waals surface area (Å²) in [5, 5.41) is 0.464. The predicted molar refractivity (Wildman–Crippen MR) is 123 cm³/mol. The summed E-state index contributed by atoms with van der Waals surface area (Å²) in [7, 11) is 0. The zero-order valence-corrected chi connectivity index (χ0v) is 19.4. The lowest BCUT2D eigenvalue weighted by atomic mass is 9.83. The lowest BCUT2D eigenvalue weighted by Gasteiger charge is -2.39. The molecule has 2 amide bonds. The Kier molecular flexibility index (Phi) is 6.60. The molecule has 6 nitrogen and oxygen atoms in total. The molecule has 2 heterocycles. The number of fused-ring (bicyclic) bond motifs is 1. The summed E-state index contributed by atoms with van der Waals surface area (Å²) in [6.07, 6.45) is 1.03. The van der Waals surface area contributed by atoms with E-state index in [4.69, 9.17) is 21.1 Å². The van der Waals surface area contributed by atoms with Crippen molar-refractivity contribution in [1.82, 2.24) is 9.80 Å². The number of halogens is 1. The number of piperazine rings is 1. The molecule has 0 bridgehead atoms. The first kappa shape index (κ1) is 22.5. The van der Waals surface area contributed by atoms with Gasteiger partial charge >= 0.3 is 0 Å². The Bertz CT molecular complexity index is 985. The fraction of sp³-hybridized carbons (Fsp3) is 0.440. The Labute approximate surface area is 194 Å². The van der Waals surface area contributed by atoms with E-state index in [1.165, 1.54) is 0 Å². The molecule has 2 aromatic carbocycles. The summed E-state index contributed by atoms with van der Waals surface area (Å²) in [4.78, 5) is 29.8. The standard InChI is InChI=1S/C25H29ClN2O4/c1-25(2,19-7-4-3-5-8-19)24(30)28-11-9-27(10-12-28)22(29)17-18-15-20(26)23-21(16-18)31-13-6-14-32-23/h3-5,7-8,15-16H,6,9-14,17H2,1-2H3. The first-order valence-electron chi connectivity index (χ1n) is 11.1. The van der Waals surface area contributed by atoms with Crippen LogP contribution in [0.2, 0.25) is 5.02 Å². The van der Waals surface area contributed by atoms with Crippen molar-refractivity contribution in [2.45, 2.75) is 32.1 Å². The van der Waals surface area contributed by atoms with Gasteiger partial charge in [-0.1, -0.05) is 41.9 Å². The molecule has 0 unspecified atom stereocenters. The van der Waals surface area contributed by atoms with Crippen LogP contribution < -0.4 is 9.47 Å². The lowest BCUT2D eigenvalue weighted by Crippen LogP contribution is -2.54. The second-order valence-electron chi connectivity index (χ2n) is 8.80. The topological polar surface area (TPSA) is 59.1 Å². The van der Waals surface area contributed by atoms with Gasteiger partial charge in [0, 0.05) is 32.6 Å². The van der Waals surface area contributed by atoms with Crippen LogP contribution in [0.4, 0.5) is 0 Å². The van der Waals surface area contributed by atoms with Crippen LogP contribution in [0.15, 0.2) is 42.5 Å². The molecule has 170 valence electrons. The number of amides is 2. The van der Waals surface area contributed by atoms with Crippen molar-refractivity contribution in [2.75, 3.05) is 39.4 Å². The van der Waals surface area contributed by atoms with Crippen molar-refractivity contribution < 1.29 is 19.1 Å². The first-order chi connectivity index (χ1) is 15.4. The van der Waals surface area contributed by atoms with Gasteiger partial charge in [0.25, 0.3) is 0 Å². The second-order valence-corrected chi connectivity index (χ2v) is 9.20. The minimum atomic E-state index is -0.603. The molecule has 1 fully saturated rings. The van der Waals surface area contributed by atoms with Crippen molar-refractivity contribution in [3.8, 4) is 11.5 Å². The highest BCUT2D eigenvalue weighted by atomic mass is 35.5. The average molecular weight is 457 g/mol. The molecule has 0 aromatic heterocycles. The summed E-state index contributed by atoms with van der Waals surface area (Å²) in [5.74, 6) is 1.25. The minimum Gasteiger partial charge on any atom is -0.489 e. The molecule has 32 heavy (non-hydrogen) atoms. The molecule has 2 aliphatic rings. The molecule has 7 heteroatoms. The van der Waals surface area contributed by atoms with E-state index in [0.29, 0.717) is 55.9 Å². The maximum absolute atomic E-state index is 13.2. The zero-order valence-electron chi connectivity index (χ0n) is 18.6. The van der Waals surface area contributed by atoms with Crippen molar-refractivity contribution in [3.05, 3.63) is 58.6 Å². The summed E-state index contributed by atoms with van der Waals surface area (Å²) < 4.78 is 11.4.